The lowest BCUT2D eigenvalue weighted by molar-refractivity contribution is -0.121. The molecule has 2 aromatic heterocycles. The van der Waals surface area contributed by atoms with Crippen molar-refractivity contribution >= 4 is 5.78 Å². The lowest BCUT2D eigenvalue weighted by Crippen LogP contribution is -2.48. The van der Waals surface area contributed by atoms with Gasteiger partial charge in [-0.3, -0.25) is 14.5 Å². The molecule has 5 heteroatoms. The number of aromatic nitrogens is 3. The average Bonchev–Trinajstić information content (AvgIpc) is 3.14. The summed E-state index contributed by atoms with van der Waals surface area (Å²) < 4.78 is 1.95. The number of carbonyl (C=O) groups is 1. The number of fused-ring (bicyclic) bond motifs is 3. The molecule has 148 valence electrons. The smallest absolute Gasteiger partial charge is 0.176 e. The molecule has 2 aliphatic rings. The molecule has 2 aliphatic carbocycles. The zero-order chi connectivity index (χ0) is 20.9. The van der Waals surface area contributed by atoms with Gasteiger partial charge in [0.15, 0.2) is 5.78 Å². The average molecular weight is 394 g/mol. The van der Waals surface area contributed by atoms with Crippen LogP contribution in [0.25, 0.3) is 11.3 Å². The summed E-state index contributed by atoms with van der Waals surface area (Å²) in [6.07, 6.45) is 7.23. The SMILES string of the molecule is CC1C(=O)C(C#N)=C[C@]2(c3ccccc3)c3c(c(-c4cccnc4)nn3C)CCC12. The van der Waals surface area contributed by atoms with Gasteiger partial charge in [-0.05, 0) is 42.5 Å². The molecule has 0 saturated carbocycles. The Kier molecular flexibility index (Phi) is 4.18. The molecule has 30 heavy (non-hydrogen) atoms. The van der Waals surface area contributed by atoms with Crippen LogP contribution in [0.3, 0.4) is 0 Å². The normalized spacial score (nSPS) is 25.1. The Hall–Kier alpha value is -3.52. The summed E-state index contributed by atoms with van der Waals surface area (Å²) >= 11 is 0. The third-order valence-corrected chi connectivity index (χ3v) is 6.79. The minimum absolute atomic E-state index is 0.0489. The molecule has 0 bridgehead atoms. The third-order valence-electron chi connectivity index (χ3n) is 6.79. The Labute approximate surface area is 175 Å². The van der Waals surface area contributed by atoms with Crippen LogP contribution in [0.15, 0.2) is 66.5 Å². The number of Topliss-reactive ketones (excluding diaryl/α,β-unsaturated/α-hetero) is 1. The van der Waals surface area contributed by atoms with Gasteiger partial charge in [0, 0.05) is 36.5 Å². The largest absolute Gasteiger partial charge is 0.293 e. The fourth-order valence-corrected chi connectivity index (χ4v) is 5.54. The first-order valence-corrected chi connectivity index (χ1v) is 10.3. The number of aryl methyl sites for hydroxylation is 1. The van der Waals surface area contributed by atoms with Crippen LogP contribution in [0.4, 0.5) is 0 Å². The number of carbonyl (C=O) groups excluding carboxylic acids is 1. The second-order valence-electron chi connectivity index (χ2n) is 8.24. The van der Waals surface area contributed by atoms with Crippen molar-refractivity contribution in [3.8, 4) is 17.3 Å². The molecule has 1 aromatic carbocycles. The zero-order valence-corrected chi connectivity index (χ0v) is 17.0. The fraction of sp³-hybridized carbons (Fsp3) is 0.280. The third kappa shape index (κ3) is 2.43. The molecule has 2 unspecified atom stereocenters. The van der Waals surface area contributed by atoms with Crippen LogP contribution in [-0.2, 0) is 23.7 Å². The van der Waals surface area contributed by atoms with Gasteiger partial charge in [-0.15, -0.1) is 0 Å². The molecular weight excluding hydrogens is 372 g/mol. The first-order valence-electron chi connectivity index (χ1n) is 10.3. The highest BCUT2D eigenvalue weighted by atomic mass is 16.1. The summed E-state index contributed by atoms with van der Waals surface area (Å²) in [7, 11) is 1.97. The molecule has 0 fully saturated rings. The van der Waals surface area contributed by atoms with Crippen LogP contribution in [0.2, 0.25) is 0 Å². The number of nitriles is 1. The number of ketones is 1. The summed E-state index contributed by atoms with van der Waals surface area (Å²) in [5.41, 5.74) is 4.97. The van der Waals surface area contributed by atoms with Crippen LogP contribution >= 0.6 is 0 Å². The van der Waals surface area contributed by atoms with E-state index in [4.69, 9.17) is 5.10 Å². The van der Waals surface area contributed by atoms with Crippen LogP contribution in [-0.4, -0.2) is 20.5 Å². The predicted octanol–water partition coefficient (Wildman–Crippen LogP) is 4.00. The van der Waals surface area contributed by atoms with Crippen LogP contribution in [0.5, 0.6) is 0 Å². The van der Waals surface area contributed by atoms with Gasteiger partial charge in [0.05, 0.1) is 22.4 Å². The lowest BCUT2D eigenvalue weighted by Gasteiger charge is -2.48. The van der Waals surface area contributed by atoms with Crippen molar-refractivity contribution in [3.05, 3.63) is 83.3 Å². The lowest BCUT2D eigenvalue weighted by atomic mass is 9.54. The highest BCUT2D eigenvalue weighted by Crippen LogP contribution is 2.54. The summed E-state index contributed by atoms with van der Waals surface area (Å²) in [6, 6.07) is 16.4. The number of nitrogens with zero attached hydrogens (tertiary/aromatic N) is 4. The molecule has 5 rings (SSSR count). The highest BCUT2D eigenvalue weighted by Gasteiger charge is 2.54. The van der Waals surface area contributed by atoms with Gasteiger partial charge in [0.2, 0.25) is 0 Å². The molecule has 0 saturated heterocycles. The molecule has 5 nitrogen and oxygen atoms in total. The Morgan fingerprint density at radius 3 is 2.70 bits per heavy atom. The number of pyridine rings is 1. The molecule has 0 amide bonds. The number of rotatable bonds is 2. The molecule has 0 aliphatic heterocycles. The van der Waals surface area contributed by atoms with E-state index < -0.39 is 5.41 Å². The molecule has 0 radical (unpaired) electrons. The van der Waals surface area contributed by atoms with E-state index in [1.165, 1.54) is 5.56 Å². The monoisotopic (exact) mass is 394 g/mol. The molecule has 3 aromatic rings. The number of hydrogen-bond acceptors (Lipinski definition) is 4. The van der Waals surface area contributed by atoms with Crippen molar-refractivity contribution in [3.63, 3.8) is 0 Å². The minimum Gasteiger partial charge on any atom is -0.293 e. The van der Waals surface area contributed by atoms with Crippen molar-refractivity contribution < 1.29 is 4.79 Å². The van der Waals surface area contributed by atoms with E-state index in [0.29, 0.717) is 0 Å². The van der Waals surface area contributed by atoms with Crippen molar-refractivity contribution in [1.29, 1.82) is 5.26 Å². The minimum atomic E-state index is -0.560. The van der Waals surface area contributed by atoms with E-state index in [1.54, 1.807) is 6.20 Å². The van der Waals surface area contributed by atoms with Gasteiger partial charge in [-0.25, -0.2) is 0 Å². The summed E-state index contributed by atoms with van der Waals surface area (Å²) in [5, 5.41) is 14.7. The second kappa shape index (κ2) is 6.77. The summed E-state index contributed by atoms with van der Waals surface area (Å²) in [5.74, 6) is -0.198. The quantitative estimate of drug-likeness (QED) is 0.659. The molecular formula is C25H22N4O. The van der Waals surface area contributed by atoms with Gasteiger partial charge in [-0.2, -0.15) is 10.4 Å². The molecule has 3 atom stereocenters. The Morgan fingerprint density at radius 1 is 1.20 bits per heavy atom. The fourth-order valence-electron chi connectivity index (χ4n) is 5.54. The first-order chi connectivity index (χ1) is 14.6. The number of allylic oxidation sites excluding steroid dienone is 2. The van der Waals surface area contributed by atoms with Crippen LogP contribution < -0.4 is 0 Å². The van der Waals surface area contributed by atoms with Crippen molar-refractivity contribution in [2.24, 2.45) is 18.9 Å². The number of hydrogen-bond donors (Lipinski definition) is 0. The Bertz CT molecular complexity index is 1200. The standard InChI is InChI=1S/C25H22N4O/c1-16-21-11-10-20-22(17-7-6-12-27-15-17)28-29(2)24(20)25(21,13-18(14-26)23(16)30)19-8-4-3-5-9-19/h3-9,12-13,15-16,21H,10-11H2,1-2H3/t16?,21?,25-/m1/s1. The van der Waals surface area contributed by atoms with Gasteiger partial charge >= 0.3 is 0 Å². The van der Waals surface area contributed by atoms with E-state index in [1.807, 2.05) is 61.3 Å². The van der Waals surface area contributed by atoms with Crippen molar-refractivity contribution in [2.45, 2.75) is 25.2 Å². The van der Waals surface area contributed by atoms with Crippen LogP contribution in [0.1, 0.15) is 30.2 Å². The van der Waals surface area contributed by atoms with Crippen LogP contribution in [0, 0.1) is 23.2 Å². The highest BCUT2D eigenvalue weighted by molar-refractivity contribution is 6.02. The number of benzene rings is 1. The molecule has 2 heterocycles. The second-order valence-corrected chi connectivity index (χ2v) is 8.24. The predicted molar refractivity (Wildman–Crippen MR) is 113 cm³/mol. The molecule has 0 spiro atoms. The van der Waals surface area contributed by atoms with Gasteiger partial charge in [-0.1, -0.05) is 37.3 Å². The van der Waals surface area contributed by atoms with E-state index in [0.717, 1.165) is 35.4 Å². The topological polar surface area (TPSA) is 71.6 Å². The van der Waals surface area contributed by atoms with Crippen molar-refractivity contribution in [1.82, 2.24) is 14.8 Å². The van der Waals surface area contributed by atoms with E-state index >= 15 is 0 Å². The summed E-state index contributed by atoms with van der Waals surface area (Å²) in [4.78, 5) is 17.2. The maximum absolute atomic E-state index is 12.9. The maximum Gasteiger partial charge on any atom is 0.176 e. The Balaban J connectivity index is 1.86. The molecule has 0 N–H and O–H groups in total. The van der Waals surface area contributed by atoms with E-state index in [9.17, 15) is 10.1 Å². The van der Waals surface area contributed by atoms with Gasteiger partial charge in [0.1, 0.15) is 6.07 Å². The zero-order valence-electron chi connectivity index (χ0n) is 17.0. The summed E-state index contributed by atoms with van der Waals surface area (Å²) in [6.45, 7) is 1.97. The van der Waals surface area contributed by atoms with E-state index in [2.05, 4.69) is 23.2 Å². The maximum atomic E-state index is 12.9. The Morgan fingerprint density at radius 2 is 2.00 bits per heavy atom. The van der Waals surface area contributed by atoms with E-state index in [-0.39, 0.29) is 23.2 Å². The van der Waals surface area contributed by atoms with Gasteiger partial charge < -0.3 is 0 Å². The van der Waals surface area contributed by atoms with Crippen molar-refractivity contribution in [2.75, 3.05) is 0 Å². The first kappa shape index (κ1) is 18.5. The van der Waals surface area contributed by atoms with Gasteiger partial charge in [0.25, 0.3) is 0 Å².